The van der Waals surface area contributed by atoms with Crippen molar-refractivity contribution in [3.63, 3.8) is 0 Å². The van der Waals surface area contributed by atoms with Crippen molar-refractivity contribution < 1.29 is 9.90 Å². The number of aliphatic carboxylic acids is 1. The molecule has 17 heavy (non-hydrogen) atoms. The van der Waals surface area contributed by atoms with Gasteiger partial charge in [0.25, 0.3) is 0 Å². The molecule has 2 rings (SSSR count). The van der Waals surface area contributed by atoms with Crippen molar-refractivity contribution in [1.29, 1.82) is 0 Å². The number of benzene rings is 1. The van der Waals surface area contributed by atoms with Gasteiger partial charge < -0.3 is 9.67 Å². The van der Waals surface area contributed by atoms with Crippen molar-refractivity contribution in [2.24, 2.45) is 0 Å². The summed E-state index contributed by atoms with van der Waals surface area (Å²) in [6.45, 7) is 2.21. The average molecular weight is 231 g/mol. The Morgan fingerprint density at radius 1 is 1.29 bits per heavy atom. The van der Waals surface area contributed by atoms with Gasteiger partial charge in [-0.25, -0.2) is 0 Å². The lowest BCUT2D eigenvalue weighted by Gasteiger charge is -2.06. The number of aromatic nitrogens is 3. The third-order valence-corrected chi connectivity index (χ3v) is 2.52. The predicted octanol–water partition coefficient (Wildman–Crippen LogP) is 1.73. The molecule has 1 N–H and O–H groups in total. The van der Waals surface area contributed by atoms with Gasteiger partial charge in [0, 0.05) is 12.1 Å². The second-order valence-corrected chi connectivity index (χ2v) is 3.73. The van der Waals surface area contributed by atoms with Gasteiger partial charge in [0.1, 0.15) is 5.82 Å². The first-order valence-corrected chi connectivity index (χ1v) is 5.35. The fraction of sp³-hybridized carbons (Fsp3) is 0.250. The van der Waals surface area contributed by atoms with E-state index in [0.717, 1.165) is 11.4 Å². The smallest absolute Gasteiger partial charge is 0.305 e. The number of rotatable bonds is 4. The van der Waals surface area contributed by atoms with Gasteiger partial charge in [-0.05, 0) is 6.92 Å². The lowest BCUT2D eigenvalue weighted by molar-refractivity contribution is -0.137. The van der Waals surface area contributed by atoms with E-state index in [1.807, 2.05) is 41.8 Å². The van der Waals surface area contributed by atoms with Gasteiger partial charge in [-0.3, -0.25) is 4.79 Å². The molecule has 0 saturated heterocycles. The highest BCUT2D eigenvalue weighted by molar-refractivity contribution is 5.66. The first-order chi connectivity index (χ1) is 8.18. The van der Waals surface area contributed by atoms with E-state index in [9.17, 15) is 4.79 Å². The Bertz CT molecular complexity index is 520. The van der Waals surface area contributed by atoms with Crippen LogP contribution in [-0.2, 0) is 11.3 Å². The highest BCUT2D eigenvalue weighted by Gasteiger charge is 2.11. The molecule has 2 aromatic rings. The zero-order valence-corrected chi connectivity index (χ0v) is 9.50. The number of carboxylic acids is 1. The van der Waals surface area contributed by atoms with Crippen LogP contribution in [0.4, 0.5) is 0 Å². The van der Waals surface area contributed by atoms with Crippen LogP contribution in [0, 0.1) is 6.92 Å². The number of aryl methyl sites for hydroxylation is 1. The summed E-state index contributed by atoms with van der Waals surface area (Å²) in [4.78, 5) is 10.6. The van der Waals surface area contributed by atoms with E-state index in [4.69, 9.17) is 5.11 Å². The van der Waals surface area contributed by atoms with Gasteiger partial charge in [0.15, 0.2) is 5.82 Å². The lowest BCUT2D eigenvalue weighted by atomic mass is 10.2. The largest absolute Gasteiger partial charge is 0.481 e. The van der Waals surface area contributed by atoms with Crippen molar-refractivity contribution in [3.05, 3.63) is 36.2 Å². The van der Waals surface area contributed by atoms with Crippen LogP contribution in [0.15, 0.2) is 30.3 Å². The SMILES string of the molecule is Cc1nnc(-c2ccccc2)n1CCC(=O)O. The van der Waals surface area contributed by atoms with Crippen LogP contribution in [0.5, 0.6) is 0 Å². The number of hydrogen-bond donors (Lipinski definition) is 1. The Morgan fingerprint density at radius 2 is 2.00 bits per heavy atom. The zero-order chi connectivity index (χ0) is 12.3. The van der Waals surface area contributed by atoms with Crippen LogP contribution in [-0.4, -0.2) is 25.8 Å². The molecule has 1 aromatic carbocycles. The number of nitrogens with zero attached hydrogens (tertiary/aromatic N) is 3. The average Bonchev–Trinajstić information content (AvgIpc) is 2.69. The summed E-state index contributed by atoms with van der Waals surface area (Å²) in [5, 5.41) is 16.8. The van der Waals surface area contributed by atoms with Crippen LogP contribution in [0.2, 0.25) is 0 Å². The second kappa shape index (κ2) is 4.78. The predicted molar refractivity (Wildman–Crippen MR) is 62.4 cm³/mol. The van der Waals surface area contributed by atoms with Crippen molar-refractivity contribution in [1.82, 2.24) is 14.8 Å². The maximum atomic E-state index is 10.6. The zero-order valence-electron chi connectivity index (χ0n) is 9.50. The number of carbonyl (C=O) groups is 1. The minimum absolute atomic E-state index is 0.0682. The topological polar surface area (TPSA) is 68.0 Å². The van der Waals surface area contributed by atoms with E-state index in [1.165, 1.54) is 0 Å². The molecular weight excluding hydrogens is 218 g/mol. The van der Waals surface area contributed by atoms with Gasteiger partial charge >= 0.3 is 5.97 Å². The summed E-state index contributed by atoms with van der Waals surface area (Å²) in [6.07, 6.45) is 0.0682. The molecule has 0 bridgehead atoms. The molecule has 0 aliphatic carbocycles. The Kier molecular flexibility index (Phi) is 3.18. The molecule has 0 aliphatic heterocycles. The minimum atomic E-state index is -0.822. The second-order valence-electron chi connectivity index (χ2n) is 3.73. The summed E-state index contributed by atoms with van der Waals surface area (Å²) in [5.74, 6) is 0.617. The van der Waals surface area contributed by atoms with E-state index in [1.54, 1.807) is 0 Å². The third-order valence-electron chi connectivity index (χ3n) is 2.52. The van der Waals surface area contributed by atoms with E-state index in [-0.39, 0.29) is 6.42 Å². The van der Waals surface area contributed by atoms with Gasteiger partial charge in [-0.2, -0.15) is 0 Å². The monoisotopic (exact) mass is 231 g/mol. The normalized spacial score (nSPS) is 10.4. The van der Waals surface area contributed by atoms with Crippen molar-refractivity contribution in [3.8, 4) is 11.4 Å². The highest BCUT2D eigenvalue weighted by atomic mass is 16.4. The quantitative estimate of drug-likeness (QED) is 0.870. The van der Waals surface area contributed by atoms with Crippen molar-refractivity contribution >= 4 is 5.97 Å². The molecular formula is C12H13N3O2. The Labute approximate surface area is 98.7 Å². The van der Waals surface area contributed by atoms with Crippen LogP contribution >= 0.6 is 0 Å². The summed E-state index contributed by atoms with van der Waals surface area (Å²) in [6, 6.07) is 9.62. The molecule has 0 spiro atoms. The summed E-state index contributed by atoms with van der Waals surface area (Å²) < 4.78 is 1.82. The molecule has 5 heteroatoms. The first kappa shape index (κ1) is 11.3. The van der Waals surface area contributed by atoms with Crippen molar-refractivity contribution in [2.45, 2.75) is 19.9 Å². The maximum absolute atomic E-state index is 10.6. The van der Waals surface area contributed by atoms with Crippen LogP contribution in [0.25, 0.3) is 11.4 Å². The molecule has 88 valence electrons. The summed E-state index contributed by atoms with van der Waals surface area (Å²) >= 11 is 0. The standard InChI is InChI=1S/C12H13N3O2/c1-9-13-14-12(10-5-3-2-4-6-10)15(9)8-7-11(16)17/h2-6H,7-8H2,1H3,(H,16,17). The summed E-state index contributed by atoms with van der Waals surface area (Å²) in [5.41, 5.74) is 0.943. The molecule has 0 unspecified atom stereocenters. The van der Waals surface area contributed by atoms with E-state index < -0.39 is 5.97 Å². The summed E-state index contributed by atoms with van der Waals surface area (Å²) in [7, 11) is 0. The molecule has 1 heterocycles. The molecule has 0 aliphatic rings. The van der Waals surface area contributed by atoms with E-state index >= 15 is 0 Å². The number of carboxylic acid groups (broad SMARTS) is 1. The molecule has 0 atom stereocenters. The fourth-order valence-electron chi connectivity index (χ4n) is 1.66. The third kappa shape index (κ3) is 2.50. The molecule has 0 amide bonds. The molecule has 0 fully saturated rings. The fourth-order valence-corrected chi connectivity index (χ4v) is 1.66. The van der Waals surface area contributed by atoms with E-state index in [2.05, 4.69) is 10.2 Å². The molecule has 0 radical (unpaired) electrons. The number of hydrogen-bond acceptors (Lipinski definition) is 3. The van der Waals surface area contributed by atoms with Gasteiger partial charge in [0.05, 0.1) is 6.42 Å². The molecule has 5 nitrogen and oxygen atoms in total. The molecule has 0 saturated carbocycles. The lowest BCUT2D eigenvalue weighted by Crippen LogP contribution is -2.07. The van der Waals surface area contributed by atoms with Crippen LogP contribution in [0.1, 0.15) is 12.2 Å². The Balaban J connectivity index is 2.32. The Morgan fingerprint density at radius 3 is 2.65 bits per heavy atom. The first-order valence-electron chi connectivity index (χ1n) is 5.35. The van der Waals surface area contributed by atoms with Gasteiger partial charge in [-0.1, -0.05) is 30.3 Å². The van der Waals surface area contributed by atoms with Gasteiger partial charge in [-0.15, -0.1) is 10.2 Å². The van der Waals surface area contributed by atoms with E-state index in [0.29, 0.717) is 12.4 Å². The van der Waals surface area contributed by atoms with Crippen LogP contribution in [0.3, 0.4) is 0 Å². The van der Waals surface area contributed by atoms with Crippen molar-refractivity contribution in [2.75, 3.05) is 0 Å². The molecule has 1 aromatic heterocycles. The Hall–Kier alpha value is -2.17. The van der Waals surface area contributed by atoms with Gasteiger partial charge in [0.2, 0.25) is 0 Å². The van der Waals surface area contributed by atoms with Crippen LogP contribution < -0.4 is 0 Å². The highest BCUT2D eigenvalue weighted by Crippen LogP contribution is 2.17. The maximum Gasteiger partial charge on any atom is 0.305 e. The minimum Gasteiger partial charge on any atom is -0.481 e.